The monoisotopic (exact) mass is 341 g/mol. The van der Waals surface area contributed by atoms with Crippen molar-refractivity contribution in [1.82, 2.24) is 14.7 Å². The van der Waals surface area contributed by atoms with Crippen LogP contribution in [0, 0.1) is 5.92 Å². The number of likely N-dealkylation sites (tertiary alicyclic amines) is 1. The molecule has 1 aromatic heterocycles. The molecule has 0 radical (unpaired) electrons. The highest BCUT2D eigenvalue weighted by atomic mass is 16.4. The van der Waals surface area contributed by atoms with Gasteiger partial charge in [-0.3, -0.25) is 9.59 Å². The van der Waals surface area contributed by atoms with Crippen molar-refractivity contribution in [2.45, 2.75) is 32.6 Å². The van der Waals surface area contributed by atoms with Gasteiger partial charge in [0.15, 0.2) is 0 Å². The zero-order chi connectivity index (χ0) is 17.8. The molecule has 6 nitrogen and oxygen atoms in total. The second-order valence-electron chi connectivity index (χ2n) is 6.43. The van der Waals surface area contributed by atoms with Crippen LogP contribution in [0.4, 0.5) is 0 Å². The first-order valence-corrected chi connectivity index (χ1v) is 8.76. The smallest absolute Gasteiger partial charge is 0.308 e. The number of amides is 1. The fourth-order valence-corrected chi connectivity index (χ4v) is 3.36. The number of carboxylic acids is 1. The lowest BCUT2D eigenvalue weighted by atomic mass is 9.97. The van der Waals surface area contributed by atoms with Crippen molar-refractivity contribution in [2.24, 2.45) is 5.92 Å². The van der Waals surface area contributed by atoms with E-state index in [1.54, 1.807) is 11.1 Å². The van der Waals surface area contributed by atoms with Gasteiger partial charge in [0, 0.05) is 13.1 Å². The highest BCUT2D eigenvalue weighted by Crippen LogP contribution is 2.22. The maximum Gasteiger partial charge on any atom is 0.308 e. The van der Waals surface area contributed by atoms with E-state index >= 15 is 0 Å². The Bertz CT molecular complexity index is 755. The average molecular weight is 341 g/mol. The zero-order valence-electron chi connectivity index (χ0n) is 14.4. The Morgan fingerprint density at radius 1 is 1.28 bits per heavy atom. The first-order chi connectivity index (χ1) is 12.1. The summed E-state index contributed by atoms with van der Waals surface area (Å²) >= 11 is 0. The predicted octanol–water partition coefficient (Wildman–Crippen LogP) is 2.76. The number of aliphatic carboxylic acids is 1. The highest BCUT2D eigenvalue weighted by molar-refractivity contribution is 5.95. The first kappa shape index (κ1) is 17.2. The Morgan fingerprint density at radius 3 is 2.72 bits per heavy atom. The van der Waals surface area contributed by atoms with Crippen molar-refractivity contribution < 1.29 is 14.7 Å². The SMILES string of the molecule is CCCc1c(C(=O)N2CCCC(C(=O)O)C2)cnn1-c1ccccc1. The summed E-state index contributed by atoms with van der Waals surface area (Å²) in [6.45, 7) is 2.94. The Kier molecular flexibility index (Phi) is 5.16. The number of piperidine rings is 1. The van der Waals surface area contributed by atoms with Crippen molar-refractivity contribution >= 4 is 11.9 Å². The topological polar surface area (TPSA) is 75.4 Å². The predicted molar refractivity (Wildman–Crippen MR) is 93.8 cm³/mol. The Balaban J connectivity index is 1.90. The van der Waals surface area contributed by atoms with Gasteiger partial charge in [-0.2, -0.15) is 5.10 Å². The van der Waals surface area contributed by atoms with Gasteiger partial charge < -0.3 is 10.0 Å². The van der Waals surface area contributed by atoms with E-state index in [4.69, 9.17) is 0 Å². The molecule has 1 N–H and O–H groups in total. The van der Waals surface area contributed by atoms with E-state index < -0.39 is 11.9 Å². The lowest BCUT2D eigenvalue weighted by Gasteiger charge is -2.30. The van der Waals surface area contributed by atoms with E-state index in [1.165, 1.54) is 0 Å². The molecule has 1 aliphatic heterocycles. The van der Waals surface area contributed by atoms with E-state index in [9.17, 15) is 14.7 Å². The summed E-state index contributed by atoms with van der Waals surface area (Å²) in [4.78, 5) is 25.9. The van der Waals surface area contributed by atoms with Gasteiger partial charge in [0.05, 0.1) is 29.1 Å². The molecule has 1 aliphatic rings. The number of para-hydroxylation sites is 1. The molecule has 0 aliphatic carbocycles. The van der Waals surface area contributed by atoms with Crippen LogP contribution < -0.4 is 0 Å². The third-order valence-electron chi connectivity index (χ3n) is 4.64. The quantitative estimate of drug-likeness (QED) is 0.907. The van der Waals surface area contributed by atoms with Crippen molar-refractivity contribution in [2.75, 3.05) is 13.1 Å². The van der Waals surface area contributed by atoms with Crippen LogP contribution in [0.3, 0.4) is 0 Å². The van der Waals surface area contributed by atoms with Crippen molar-refractivity contribution in [1.29, 1.82) is 0 Å². The zero-order valence-corrected chi connectivity index (χ0v) is 14.4. The first-order valence-electron chi connectivity index (χ1n) is 8.76. The third-order valence-corrected chi connectivity index (χ3v) is 4.64. The van der Waals surface area contributed by atoms with Gasteiger partial charge in [-0.1, -0.05) is 31.5 Å². The molecular formula is C19H23N3O3. The standard InChI is InChI=1S/C19H23N3O3/c1-2-7-17-16(12-20-22(17)15-9-4-3-5-10-15)18(23)21-11-6-8-14(13-21)19(24)25/h3-5,9-10,12,14H,2,6-8,11,13H2,1H3,(H,24,25). The second-order valence-corrected chi connectivity index (χ2v) is 6.43. The van der Waals surface area contributed by atoms with Crippen LogP contribution in [0.2, 0.25) is 0 Å². The molecule has 0 bridgehead atoms. The lowest BCUT2D eigenvalue weighted by molar-refractivity contribution is -0.143. The molecule has 25 heavy (non-hydrogen) atoms. The van der Waals surface area contributed by atoms with Crippen LogP contribution in [0.1, 0.15) is 42.2 Å². The summed E-state index contributed by atoms with van der Waals surface area (Å²) in [5.41, 5.74) is 2.39. The number of carboxylic acid groups (broad SMARTS) is 1. The number of aromatic nitrogens is 2. The minimum Gasteiger partial charge on any atom is -0.481 e. The fraction of sp³-hybridized carbons (Fsp3) is 0.421. The van der Waals surface area contributed by atoms with Gasteiger partial charge in [0.1, 0.15) is 0 Å². The normalized spacial score (nSPS) is 17.5. The lowest BCUT2D eigenvalue weighted by Crippen LogP contribution is -2.42. The number of carbonyl (C=O) groups is 2. The minimum absolute atomic E-state index is 0.114. The number of hydrogen-bond acceptors (Lipinski definition) is 3. The largest absolute Gasteiger partial charge is 0.481 e. The Morgan fingerprint density at radius 2 is 2.04 bits per heavy atom. The van der Waals surface area contributed by atoms with Gasteiger partial charge in [0.25, 0.3) is 5.91 Å². The molecule has 0 saturated carbocycles. The molecule has 1 fully saturated rings. The minimum atomic E-state index is -0.828. The van der Waals surface area contributed by atoms with Crippen molar-refractivity contribution in [3.05, 3.63) is 47.8 Å². The maximum absolute atomic E-state index is 13.0. The molecule has 2 aromatic rings. The van der Waals surface area contributed by atoms with Gasteiger partial charge in [-0.15, -0.1) is 0 Å². The summed E-state index contributed by atoms with van der Waals surface area (Å²) in [5.74, 6) is -1.42. The van der Waals surface area contributed by atoms with E-state index in [-0.39, 0.29) is 12.5 Å². The van der Waals surface area contributed by atoms with Gasteiger partial charge >= 0.3 is 5.97 Å². The van der Waals surface area contributed by atoms with Gasteiger partial charge in [-0.25, -0.2) is 4.68 Å². The van der Waals surface area contributed by atoms with Crippen LogP contribution in [0.5, 0.6) is 0 Å². The molecule has 2 heterocycles. The summed E-state index contributed by atoms with van der Waals surface area (Å²) in [6.07, 6.45) is 4.61. The average Bonchev–Trinajstić information content (AvgIpc) is 3.06. The summed E-state index contributed by atoms with van der Waals surface area (Å²) in [6, 6.07) is 9.74. The third kappa shape index (κ3) is 3.57. The number of nitrogens with zero attached hydrogens (tertiary/aromatic N) is 3. The number of rotatable bonds is 5. The molecule has 132 valence electrons. The van der Waals surface area contributed by atoms with Gasteiger partial charge in [0.2, 0.25) is 0 Å². The summed E-state index contributed by atoms with van der Waals surface area (Å²) in [7, 11) is 0. The molecule has 3 rings (SSSR count). The molecule has 0 spiro atoms. The number of carbonyl (C=O) groups excluding carboxylic acids is 1. The van der Waals surface area contributed by atoms with Gasteiger partial charge in [-0.05, 0) is 31.4 Å². The maximum atomic E-state index is 13.0. The molecular weight excluding hydrogens is 318 g/mol. The van der Waals surface area contributed by atoms with Crippen LogP contribution in [0.25, 0.3) is 5.69 Å². The summed E-state index contributed by atoms with van der Waals surface area (Å²) < 4.78 is 1.81. The molecule has 1 atom stereocenters. The molecule has 1 amide bonds. The van der Waals surface area contributed by atoms with Crippen LogP contribution in [0.15, 0.2) is 36.5 Å². The van der Waals surface area contributed by atoms with Crippen molar-refractivity contribution in [3.63, 3.8) is 0 Å². The fourth-order valence-electron chi connectivity index (χ4n) is 3.36. The summed E-state index contributed by atoms with van der Waals surface area (Å²) in [5, 5.41) is 13.7. The molecule has 6 heteroatoms. The number of benzene rings is 1. The Labute approximate surface area is 147 Å². The van der Waals surface area contributed by atoms with Crippen molar-refractivity contribution in [3.8, 4) is 5.69 Å². The highest BCUT2D eigenvalue weighted by Gasteiger charge is 2.30. The molecule has 1 saturated heterocycles. The van der Waals surface area contributed by atoms with E-state index in [2.05, 4.69) is 12.0 Å². The Hall–Kier alpha value is -2.63. The molecule has 1 unspecified atom stereocenters. The van der Waals surface area contributed by atoms with E-state index in [0.717, 1.165) is 30.6 Å². The number of hydrogen-bond donors (Lipinski definition) is 1. The van der Waals surface area contributed by atoms with Crippen LogP contribution >= 0.6 is 0 Å². The second kappa shape index (κ2) is 7.51. The molecule has 1 aromatic carbocycles. The van der Waals surface area contributed by atoms with E-state index in [1.807, 2.05) is 35.0 Å². The van der Waals surface area contributed by atoms with E-state index in [0.29, 0.717) is 18.5 Å². The van der Waals surface area contributed by atoms with Crippen LogP contribution in [-0.4, -0.2) is 44.8 Å². The van der Waals surface area contributed by atoms with Crippen LogP contribution in [-0.2, 0) is 11.2 Å².